The number of rotatable bonds is 6. The zero-order valence-corrected chi connectivity index (χ0v) is 13.9. The predicted molar refractivity (Wildman–Crippen MR) is 86.2 cm³/mol. The molecule has 1 aromatic carbocycles. The maximum absolute atomic E-state index is 6.13. The van der Waals surface area contributed by atoms with Crippen LogP contribution in [0, 0.1) is 0 Å². The minimum atomic E-state index is -0.159. The Morgan fingerprint density at radius 3 is 2.81 bits per heavy atom. The van der Waals surface area contributed by atoms with Crippen LogP contribution in [0.1, 0.15) is 38.8 Å². The molecular weight excluding hydrogens is 264 g/mol. The van der Waals surface area contributed by atoms with E-state index < -0.39 is 0 Å². The molecule has 118 valence electrons. The first-order valence-electron chi connectivity index (χ1n) is 7.75. The van der Waals surface area contributed by atoms with E-state index in [1.54, 1.807) is 0 Å². The highest BCUT2D eigenvalue weighted by Gasteiger charge is 2.33. The Kier molecular flexibility index (Phi) is 5.12. The Labute approximate surface area is 128 Å². The van der Waals surface area contributed by atoms with Crippen LogP contribution in [0.15, 0.2) is 18.2 Å². The largest absolute Gasteiger partial charge is 0.494 e. The molecule has 1 aliphatic rings. The van der Waals surface area contributed by atoms with E-state index in [4.69, 9.17) is 9.47 Å². The highest BCUT2D eigenvalue weighted by molar-refractivity contribution is 5.44. The lowest BCUT2D eigenvalue weighted by Crippen LogP contribution is -2.41. The number of likely N-dealkylation sites (N-methyl/N-ethyl adjacent to an activating group) is 1. The van der Waals surface area contributed by atoms with Crippen molar-refractivity contribution in [3.8, 4) is 11.5 Å². The topological polar surface area (TPSA) is 33.7 Å². The summed E-state index contributed by atoms with van der Waals surface area (Å²) in [6, 6.07) is 6.51. The van der Waals surface area contributed by atoms with Gasteiger partial charge in [0.1, 0.15) is 17.1 Å². The van der Waals surface area contributed by atoms with Gasteiger partial charge in [0.15, 0.2) is 0 Å². The number of fused-ring (bicyclic) bond motifs is 1. The van der Waals surface area contributed by atoms with Crippen molar-refractivity contribution in [1.82, 2.24) is 10.2 Å². The first-order valence-corrected chi connectivity index (χ1v) is 7.75. The van der Waals surface area contributed by atoms with Crippen LogP contribution >= 0.6 is 0 Å². The molecule has 0 bridgehead atoms. The molecule has 1 unspecified atom stereocenters. The van der Waals surface area contributed by atoms with Gasteiger partial charge in [-0.15, -0.1) is 0 Å². The standard InChI is InChI=1S/C17H28N2O2/c1-6-20-13-7-8-14-15(18-9-10-19(4)5)12-17(2,3)21-16(14)11-13/h7-8,11,15,18H,6,9-10,12H2,1-5H3. The second-order valence-corrected chi connectivity index (χ2v) is 6.51. The Morgan fingerprint density at radius 2 is 2.14 bits per heavy atom. The van der Waals surface area contributed by atoms with Crippen LogP contribution in [0.4, 0.5) is 0 Å². The summed E-state index contributed by atoms with van der Waals surface area (Å²) < 4.78 is 11.7. The summed E-state index contributed by atoms with van der Waals surface area (Å²) in [6.45, 7) is 8.96. The van der Waals surface area contributed by atoms with Crippen molar-refractivity contribution in [2.24, 2.45) is 0 Å². The average Bonchev–Trinajstić information content (AvgIpc) is 2.36. The van der Waals surface area contributed by atoms with E-state index in [0.717, 1.165) is 31.0 Å². The highest BCUT2D eigenvalue weighted by Crippen LogP contribution is 2.41. The molecule has 2 rings (SSSR count). The van der Waals surface area contributed by atoms with Gasteiger partial charge in [-0.3, -0.25) is 0 Å². The number of hydrogen-bond acceptors (Lipinski definition) is 4. The molecule has 1 aromatic rings. The number of hydrogen-bond donors (Lipinski definition) is 1. The van der Waals surface area contributed by atoms with Gasteiger partial charge in [-0.25, -0.2) is 0 Å². The van der Waals surface area contributed by atoms with E-state index in [0.29, 0.717) is 12.6 Å². The maximum Gasteiger partial charge on any atom is 0.128 e. The summed E-state index contributed by atoms with van der Waals surface area (Å²) in [4.78, 5) is 2.19. The molecule has 0 saturated heterocycles. The molecule has 0 saturated carbocycles. The molecule has 0 fully saturated rings. The van der Waals surface area contributed by atoms with Crippen molar-refractivity contribution in [3.05, 3.63) is 23.8 Å². The SMILES string of the molecule is CCOc1ccc2c(c1)OC(C)(C)CC2NCCN(C)C. The van der Waals surface area contributed by atoms with Crippen molar-refractivity contribution in [2.75, 3.05) is 33.8 Å². The van der Waals surface area contributed by atoms with E-state index in [1.807, 2.05) is 19.1 Å². The summed E-state index contributed by atoms with van der Waals surface area (Å²) >= 11 is 0. The van der Waals surface area contributed by atoms with Crippen molar-refractivity contribution < 1.29 is 9.47 Å². The molecule has 1 N–H and O–H groups in total. The highest BCUT2D eigenvalue weighted by atomic mass is 16.5. The molecule has 4 heteroatoms. The zero-order chi connectivity index (χ0) is 15.5. The number of nitrogens with zero attached hydrogens (tertiary/aromatic N) is 1. The van der Waals surface area contributed by atoms with Crippen LogP contribution in [0.3, 0.4) is 0 Å². The molecule has 1 atom stereocenters. The van der Waals surface area contributed by atoms with Crippen LogP contribution in [0.25, 0.3) is 0 Å². The van der Waals surface area contributed by atoms with E-state index in [9.17, 15) is 0 Å². The Balaban J connectivity index is 2.16. The molecule has 1 heterocycles. The second-order valence-electron chi connectivity index (χ2n) is 6.51. The van der Waals surface area contributed by atoms with Gasteiger partial charge in [0.2, 0.25) is 0 Å². The van der Waals surface area contributed by atoms with Gasteiger partial charge in [0.25, 0.3) is 0 Å². The van der Waals surface area contributed by atoms with Gasteiger partial charge < -0.3 is 19.7 Å². The number of benzene rings is 1. The monoisotopic (exact) mass is 292 g/mol. The van der Waals surface area contributed by atoms with Gasteiger partial charge in [0.05, 0.1) is 6.61 Å². The van der Waals surface area contributed by atoms with Crippen molar-refractivity contribution >= 4 is 0 Å². The van der Waals surface area contributed by atoms with Crippen molar-refractivity contribution in [2.45, 2.75) is 38.8 Å². The minimum absolute atomic E-state index is 0.159. The van der Waals surface area contributed by atoms with Crippen molar-refractivity contribution in [3.63, 3.8) is 0 Å². The average molecular weight is 292 g/mol. The number of nitrogens with one attached hydrogen (secondary N) is 1. The lowest BCUT2D eigenvalue weighted by atomic mass is 9.89. The maximum atomic E-state index is 6.13. The minimum Gasteiger partial charge on any atom is -0.494 e. The van der Waals surface area contributed by atoms with E-state index >= 15 is 0 Å². The fourth-order valence-corrected chi connectivity index (χ4v) is 2.73. The third kappa shape index (κ3) is 4.35. The van der Waals surface area contributed by atoms with Gasteiger partial charge in [-0.2, -0.15) is 0 Å². The molecule has 0 radical (unpaired) electrons. The van der Waals surface area contributed by atoms with Crippen LogP contribution in [0.2, 0.25) is 0 Å². The fourth-order valence-electron chi connectivity index (χ4n) is 2.73. The van der Waals surface area contributed by atoms with Gasteiger partial charge in [0, 0.05) is 37.2 Å². The summed E-state index contributed by atoms with van der Waals surface area (Å²) in [5.74, 6) is 1.82. The molecule has 4 nitrogen and oxygen atoms in total. The first-order chi connectivity index (χ1) is 9.91. The summed E-state index contributed by atoms with van der Waals surface area (Å²) in [6.07, 6.45) is 0.974. The third-order valence-electron chi connectivity index (χ3n) is 3.70. The molecule has 1 aliphatic heterocycles. The molecular formula is C17H28N2O2. The quantitative estimate of drug-likeness (QED) is 0.874. The van der Waals surface area contributed by atoms with Crippen LogP contribution in [-0.2, 0) is 0 Å². The van der Waals surface area contributed by atoms with E-state index in [1.165, 1.54) is 5.56 Å². The Bertz CT molecular complexity index is 472. The first kappa shape index (κ1) is 16.1. The zero-order valence-electron chi connectivity index (χ0n) is 13.9. The molecule has 0 spiro atoms. The van der Waals surface area contributed by atoms with Gasteiger partial charge >= 0.3 is 0 Å². The second kappa shape index (κ2) is 6.67. The third-order valence-corrected chi connectivity index (χ3v) is 3.70. The Hall–Kier alpha value is -1.26. The molecule has 0 aliphatic carbocycles. The summed E-state index contributed by atoms with van der Waals surface area (Å²) in [7, 11) is 4.19. The molecule has 21 heavy (non-hydrogen) atoms. The van der Waals surface area contributed by atoms with Gasteiger partial charge in [-0.05, 0) is 40.9 Å². The van der Waals surface area contributed by atoms with Crippen LogP contribution in [0.5, 0.6) is 11.5 Å². The Morgan fingerprint density at radius 1 is 1.38 bits per heavy atom. The van der Waals surface area contributed by atoms with Crippen LogP contribution < -0.4 is 14.8 Å². The lowest BCUT2D eigenvalue weighted by Gasteiger charge is -2.38. The van der Waals surface area contributed by atoms with Crippen LogP contribution in [-0.4, -0.2) is 44.3 Å². The van der Waals surface area contributed by atoms with E-state index in [2.05, 4.69) is 44.2 Å². The normalized spacial score (nSPS) is 20.0. The number of ether oxygens (including phenoxy) is 2. The van der Waals surface area contributed by atoms with E-state index in [-0.39, 0.29) is 5.60 Å². The predicted octanol–water partition coefficient (Wildman–Crippen LogP) is 2.84. The molecule has 0 aromatic heterocycles. The van der Waals surface area contributed by atoms with Crippen molar-refractivity contribution in [1.29, 1.82) is 0 Å². The summed E-state index contributed by atoms with van der Waals surface area (Å²) in [5.41, 5.74) is 1.07. The lowest BCUT2D eigenvalue weighted by molar-refractivity contribution is 0.0654. The molecule has 0 amide bonds. The van der Waals surface area contributed by atoms with Gasteiger partial charge in [-0.1, -0.05) is 6.07 Å². The fraction of sp³-hybridized carbons (Fsp3) is 0.647. The smallest absolute Gasteiger partial charge is 0.128 e. The summed E-state index contributed by atoms with van der Waals surface area (Å²) in [5, 5.41) is 3.65.